The highest BCUT2D eigenvalue weighted by Crippen LogP contribution is 2.29. The molecule has 31 heavy (non-hydrogen) atoms. The van der Waals surface area contributed by atoms with E-state index in [1.807, 2.05) is 39.4 Å². The number of fused-ring (bicyclic) bond motifs is 1. The number of nitrogens with zero attached hydrogens (tertiary/aromatic N) is 4. The van der Waals surface area contributed by atoms with Crippen molar-refractivity contribution in [2.45, 2.75) is 19.0 Å². The quantitative estimate of drug-likeness (QED) is 0.626. The van der Waals surface area contributed by atoms with Gasteiger partial charge in [0, 0.05) is 48.9 Å². The molecule has 0 spiro atoms. The van der Waals surface area contributed by atoms with Gasteiger partial charge in [0.2, 0.25) is 5.91 Å². The minimum absolute atomic E-state index is 0.153. The normalized spacial score (nSPS) is 17.9. The van der Waals surface area contributed by atoms with Crippen LogP contribution in [0.4, 0.5) is 4.39 Å². The molecule has 1 aromatic heterocycles. The number of imidazole rings is 1. The summed E-state index contributed by atoms with van der Waals surface area (Å²) in [7, 11) is 0. The van der Waals surface area contributed by atoms with E-state index in [9.17, 15) is 9.18 Å². The van der Waals surface area contributed by atoms with Gasteiger partial charge in [-0.25, -0.2) is 9.37 Å². The monoisotopic (exact) mass is 436 g/mol. The summed E-state index contributed by atoms with van der Waals surface area (Å²) in [6.45, 7) is 3.02. The van der Waals surface area contributed by atoms with Gasteiger partial charge in [0.25, 0.3) is 0 Å². The fourth-order valence-corrected chi connectivity index (χ4v) is 5.41. The van der Waals surface area contributed by atoms with E-state index < -0.39 is 0 Å². The van der Waals surface area contributed by atoms with Crippen LogP contribution in [0.25, 0.3) is 5.69 Å². The molecule has 3 aromatic rings. The molecule has 160 valence electrons. The summed E-state index contributed by atoms with van der Waals surface area (Å²) in [5, 5.41) is 0. The Morgan fingerprint density at radius 3 is 2.48 bits per heavy atom. The zero-order valence-corrected chi connectivity index (χ0v) is 18.1. The lowest BCUT2D eigenvalue weighted by atomic mass is 10.0. The van der Waals surface area contributed by atoms with Crippen LogP contribution in [0.3, 0.4) is 0 Å². The fourth-order valence-electron chi connectivity index (χ4n) is 4.47. The Hall–Kier alpha value is -2.64. The number of halogens is 1. The van der Waals surface area contributed by atoms with E-state index in [1.165, 1.54) is 12.1 Å². The number of benzene rings is 2. The van der Waals surface area contributed by atoms with E-state index in [2.05, 4.69) is 22.0 Å². The largest absolute Gasteiger partial charge is 0.335 e. The van der Waals surface area contributed by atoms with Gasteiger partial charge in [-0.2, -0.15) is 11.8 Å². The molecule has 0 saturated carbocycles. The van der Waals surface area contributed by atoms with Crippen molar-refractivity contribution in [1.82, 2.24) is 19.4 Å². The molecular weight excluding hydrogens is 411 g/mol. The minimum Gasteiger partial charge on any atom is -0.335 e. The standard InChI is InChI=1S/C24H25FN4OS/c25-19-6-8-20(9-7-19)29-17-26-21-16-28(11-10-22(21)29)24(30)23(18-4-2-1-3-5-18)27-12-14-31-15-13-27/h1-9,17,23H,10-16H2. The summed E-state index contributed by atoms with van der Waals surface area (Å²) < 4.78 is 15.3. The molecule has 0 bridgehead atoms. The van der Waals surface area contributed by atoms with E-state index in [0.717, 1.165) is 53.7 Å². The Balaban J connectivity index is 1.39. The number of carbonyl (C=O) groups is 1. The van der Waals surface area contributed by atoms with Crippen molar-refractivity contribution < 1.29 is 9.18 Å². The van der Waals surface area contributed by atoms with Crippen LogP contribution in [-0.2, 0) is 17.8 Å². The van der Waals surface area contributed by atoms with E-state index >= 15 is 0 Å². The second-order valence-corrected chi connectivity index (χ2v) is 9.18. The summed E-state index contributed by atoms with van der Waals surface area (Å²) in [6, 6.07) is 16.3. The summed E-state index contributed by atoms with van der Waals surface area (Å²) in [6.07, 6.45) is 2.51. The Kier molecular flexibility index (Phi) is 5.78. The Bertz CT molecular complexity index is 1050. The molecule has 2 aliphatic heterocycles. The first-order valence-electron chi connectivity index (χ1n) is 10.7. The van der Waals surface area contributed by atoms with Gasteiger partial charge in [-0.1, -0.05) is 30.3 Å². The molecule has 1 amide bonds. The molecule has 3 heterocycles. The van der Waals surface area contributed by atoms with E-state index in [0.29, 0.717) is 13.1 Å². The number of carbonyl (C=O) groups excluding carboxylic acids is 1. The van der Waals surface area contributed by atoms with Crippen LogP contribution in [0.5, 0.6) is 0 Å². The van der Waals surface area contributed by atoms with Crippen molar-refractivity contribution in [2.24, 2.45) is 0 Å². The van der Waals surface area contributed by atoms with Crippen LogP contribution in [0, 0.1) is 5.82 Å². The number of hydrogen-bond donors (Lipinski definition) is 0. The molecule has 0 N–H and O–H groups in total. The topological polar surface area (TPSA) is 41.4 Å². The molecule has 1 saturated heterocycles. The van der Waals surface area contributed by atoms with Gasteiger partial charge in [0.15, 0.2) is 0 Å². The lowest BCUT2D eigenvalue weighted by Crippen LogP contribution is -2.47. The number of thioether (sulfide) groups is 1. The number of aromatic nitrogens is 2. The molecule has 5 nitrogen and oxygen atoms in total. The molecule has 7 heteroatoms. The maximum atomic E-state index is 13.7. The average Bonchev–Trinajstić information content (AvgIpc) is 3.24. The maximum Gasteiger partial charge on any atom is 0.244 e. The number of hydrogen-bond acceptors (Lipinski definition) is 4. The Morgan fingerprint density at radius 1 is 1.00 bits per heavy atom. The van der Waals surface area contributed by atoms with Gasteiger partial charge in [0.05, 0.1) is 18.6 Å². The van der Waals surface area contributed by atoms with Crippen LogP contribution < -0.4 is 0 Å². The third kappa shape index (κ3) is 4.12. The van der Waals surface area contributed by atoms with Crippen molar-refractivity contribution in [2.75, 3.05) is 31.1 Å². The summed E-state index contributed by atoms with van der Waals surface area (Å²) >= 11 is 1.95. The number of rotatable bonds is 4. The van der Waals surface area contributed by atoms with Gasteiger partial charge >= 0.3 is 0 Å². The van der Waals surface area contributed by atoms with Crippen LogP contribution in [0.2, 0.25) is 0 Å². The molecule has 0 aliphatic carbocycles. The first-order valence-corrected chi connectivity index (χ1v) is 11.8. The third-order valence-corrected chi connectivity index (χ3v) is 7.03. The molecule has 2 aromatic carbocycles. The zero-order valence-electron chi connectivity index (χ0n) is 17.3. The molecule has 5 rings (SSSR count). The van der Waals surface area contributed by atoms with Gasteiger partial charge in [-0.15, -0.1) is 0 Å². The van der Waals surface area contributed by atoms with Crippen molar-refractivity contribution in [3.05, 3.63) is 83.7 Å². The van der Waals surface area contributed by atoms with Gasteiger partial charge in [0.1, 0.15) is 11.9 Å². The van der Waals surface area contributed by atoms with Crippen molar-refractivity contribution in [3.8, 4) is 5.69 Å². The Morgan fingerprint density at radius 2 is 1.74 bits per heavy atom. The van der Waals surface area contributed by atoms with Crippen molar-refractivity contribution in [1.29, 1.82) is 0 Å². The van der Waals surface area contributed by atoms with E-state index in [-0.39, 0.29) is 17.8 Å². The Labute approximate surface area is 185 Å². The van der Waals surface area contributed by atoms with Gasteiger partial charge in [-0.3, -0.25) is 9.69 Å². The molecular formula is C24H25FN4OS. The van der Waals surface area contributed by atoms with Gasteiger partial charge < -0.3 is 9.47 Å². The minimum atomic E-state index is -0.252. The fraction of sp³-hybridized carbons (Fsp3) is 0.333. The van der Waals surface area contributed by atoms with Crippen molar-refractivity contribution in [3.63, 3.8) is 0 Å². The second-order valence-electron chi connectivity index (χ2n) is 7.96. The highest BCUT2D eigenvalue weighted by atomic mass is 32.2. The highest BCUT2D eigenvalue weighted by molar-refractivity contribution is 7.99. The van der Waals surface area contributed by atoms with Crippen molar-refractivity contribution >= 4 is 17.7 Å². The van der Waals surface area contributed by atoms with Crippen LogP contribution in [0.1, 0.15) is 23.0 Å². The predicted molar refractivity (Wildman–Crippen MR) is 121 cm³/mol. The van der Waals surface area contributed by atoms with Crippen LogP contribution in [-0.4, -0.2) is 56.4 Å². The summed E-state index contributed by atoms with van der Waals surface area (Å²) in [4.78, 5) is 22.6. The molecule has 1 unspecified atom stereocenters. The molecule has 0 radical (unpaired) electrons. The van der Waals surface area contributed by atoms with E-state index in [4.69, 9.17) is 0 Å². The maximum absolute atomic E-state index is 13.7. The summed E-state index contributed by atoms with van der Waals surface area (Å²) in [5.41, 5.74) is 3.97. The van der Waals surface area contributed by atoms with Gasteiger partial charge in [-0.05, 0) is 29.8 Å². The molecule has 2 aliphatic rings. The third-order valence-electron chi connectivity index (χ3n) is 6.09. The van der Waals surface area contributed by atoms with Crippen LogP contribution >= 0.6 is 11.8 Å². The smallest absolute Gasteiger partial charge is 0.244 e. The lowest BCUT2D eigenvalue weighted by molar-refractivity contribution is -0.138. The first-order chi connectivity index (χ1) is 15.2. The highest BCUT2D eigenvalue weighted by Gasteiger charge is 2.34. The number of amides is 1. The predicted octanol–water partition coefficient (Wildman–Crippen LogP) is 3.69. The molecule has 1 fully saturated rings. The zero-order chi connectivity index (χ0) is 21.2. The second kappa shape index (κ2) is 8.85. The SMILES string of the molecule is O=C(C(c1ccccc1)N1CCSCC1)N1CCc2c(ncn2-c2ccc(F)cc2)C1. The lowest BCUT2D eigenvalue weighted by Gasteiger charge is -2.37. The average molecular weight is 437 g/mol. The first kappa shape index (κ1) is 20.3. The van der Waals surface area contributed by atoms with Crippen LogP contribution in [0.15, 0.2) is 60.9 Å². The summed E-state index contributed by atoms with van der Waals surface area (Å²) in [5.74, 6) is 2.02. The molecule has 1 atom stereocenters. The van der Waals surface area contributed by atoms with E-state index in [1.54, 1.807) is 18.5 Å².